The van der Waals surface area contributed by atoms with Crippen LogP contribution in [0, 0.1) is 0 Å². The van der Waals surface area contributed by atoms with Crippen molar-refractivity contribution in [2.45, 2.75) is 10.6 Å². The summed E-state index contributed by atoms with van der Waals surface area (Å²) in [5, 5.41) is 2.93. The molecule has 0 aliphatic carbocycles. The van der Waals surface area contributed by atoms with E-state index in [1.165, 1.54) is 18.4 Å². The first-order valence-electron chi connectivity index (χ1n) is 10.4. The minimum atomic E-state index is -0.435. The van der Waals surface area contributed by atoms with Crippen molar-refractivity contribution in [3.8, 4) is 0 Å². The number of benzene rings is 3. The number of carbonyl (C=O) groups is 3. The van der Waals surface area contributed by atoms with Gasteiger partial charge in [-0.2, -0.15) is 0 Å². The zero-order valence-electron chi connectivity index (χ0n) is 17.7. The van der Waals surface area contributed by atoms with E-state index in [-0.39, 0.29) is 16.5 Å². The van der Waals surface area contributed by atoms with E-state index in [0.717, 1.165) is 15.4 Å². The summed E-state index contributed by atoms with van der Waals surface area (Å²) < 4.78 is 5.43. The molecular formula is C26H17ClN2O4S. The molecule has 0 fully saturated rings. The van der Waals surface area contributed by atoms with Crippen LogP contribution in [0.3, 0.4) is 0 Å². The topological polar surface area (TPSA) is 79.6 Å². The van der Waals surface area contributed by atoms with E-state index in [9.17, 15) is 14.4 Å². The predicted molar refractivity (Wildman–Crippen MR) is 132 cm³/mol. The number of nitrogens with zero attached hydrogens (tertiary/aromatic N) is 1. The maximum atomic E-state index is 12.8. The maximum absolute atomic E-state index is 12.8. The number of anilines is 2. The highest BCUT2D eigenvalue weighted by molar-refractivity contribution is 7.98. The van der Waals surface area contributed by atoms with Gasteiger partial charge in [0.05, 0.1) is 28.1 Å². The molecule has 0 saturated heterocycles. The lowest BCUT2D eigenvalue weighted by molar-refractivity contribution is 0.0924. The highest BCUT2D eigenvalue weighted by atomic mass is 35.5. The van der Waals surface area contributed by atoms with Crippen LogP contribution in [0.15, 0.2) is 94.4 Å². The molecule has 1 aromatic heterocycles. The van der Waals surface area contributed by atoms with E-state index in [1.54, 1.807) is 48.2 Å². The molecule has 6 nitrogen and oxygen atoms in total. The van der Waals surface area contributed by atoms with Gasteiger partial charge in [0.1, 0.15) is 0 Å². The second kappa shape index (κ2) is 9.21. The molecule has 0 atom stereocenters. The lowest BCUT2D eigenvalue weighted by Gasteiger charge is -2.16. The van der Waals surface area contributed by atoms with Gasteiger partial charge in [-0.25, -0.2) is 4.90 Å². The zero-order valence-corrected chi connectivity index (χ0v) is 19.2. The maximum Gasteiger partial charge on any atom is 0.291 e. The van der Waals surface area contributed by atoms with Crippen LogP contribution in [0.2, 0.25) is 5.02 Å². The highest BCUT2D eigenvalue weighted by Gasteiger charge is 2.37. The molecule has 0 radical (unpaired) electrons. The summed E-state index contributed by atoms with van der Waals surface area (Å²) in [7, 11) is 0. The van der Waals surface area contributed by atoms with Gasteiger partial charge in [0.15, 0.2) is 5.76 Å². The number of thioether (sulfide) groups is 1. The molecule has 0 saturated carbocycles. The van der Waals surface area contributed by atoms with E-state index in [2.05, 4.69) is 5.32 Å². The molecule has 3 amide bonds. The average Bonchev–Trinajstić information content (AvgIpc) is 3.42. The zero-order chi connectivity index (χ0) is 23.7. The second-order valence-corrected chi connectivity index (χ2v) is 8.94. The summed E-state index contributed by atoms with van der Waals surface area (Å²) in [6.45, 7) is 0. The lowest BCUT2D eigenvalue weighted by Crippen LogP contribution is -2.29. The second-order valence-electron chi connectivity index (χ2n) is 7.49. The van der Waals surface area contributed by atoms with Crippen LogP contribution < -0.4 is 10.2 Å². The van der Waals surface area contributed by atoms with Gasteiger partial charge < -0.3 is 9.73 Å². The van der Waals surface area contributed by atoms with Crippen LogP contribution in [0.5, 0.6) is 0 Å². The number of imide groups is 1. The van der Waals surface area contributed by atoms with Crippen LogP contribution in [0.4, 0.5) is 11.4 Å². The molecule has 34 heavy (non-hydrogen) atoms. The minimum Gasteiger partial charge on any atom is -0.459 e. The van der Waals surface area contributed by atoms with E-state index < -0.39 is 17.7 Å². The van der Waals surface area contributed by atoms with Gasteiger partial charge in [-0.05, 0) is 48.5 Å². The monoisotopic (exact) mass is 488 g/mol. The highest BCUT2D eigenvalue weighted by Crippen LogP contribution is 2.35. The molecule has 0 spiro atoms. The number of hydrogen-bond donors (Lipinski definition) is 1. The third-order valence-corrected chi connectivity index (χ3v) is 6.69. The summed E-state index contributed by atoms with van der Waals surface area (Å²) in [4.78, 5) is 40.5. The van der Waals surface area contributed by atoms with Gasteiger partial charge in [-0.1, -0.05) is 41.9 Å². The van der Waals surface area contributed by atoms with Crippen molar-refractivity contribution in [2.24, 2.45) is 0 Å². The first-order valence-corrected chi connectivity index (χ1v) is 11.7. The Hall–Kier alpha value is -3.81. The average molecular weight is 489 g/mol. The Morgan fingerprint density at radius 2 is 1.59 bits per heavy atom. The number of carbonyl (C=O) groups excluding carboxylic acids is 3. The van der Waals surface area contributed by atoms with E-state index in [4.69, 9.17) is 16.0 Å². The van der Waals surface area contributed by atoms with Crippen molar-refractivity contribution in [3.63, 3.8) is 0 Å². The van der Waals surface area contributed by atoms with E-state index >= 15 is 0 Å². The van der Waals surface area contributed by atoms with Crippen molar-refractivity contribution in [1.29, 1.82) is 0 Å². The minimum absolute atomic E-state index is 0.159. The quantitative estimate of drug-likeness (QED) is 0.255. The van der Waals surface area contributed by atoms with Crippen LogP contribution in [0.25, 0.3) is 0 Å². The van der Waals surface area contributed by atoms with Crippen LogP contribution in [0.1, 0.15) is 36.8 Å². The lowest BCUT2D eigenvalue weighted by atomic mass is 10.1. The summed E-state index contributed by atoms with van der Waals surface area (Å²) in [6, 6.07) is 22.9. The van der Waals surface area contributed by atoms with Gasteiger partial charge in [0.2, 0.25) is 0 Å². The number of fused-ring (bicyclic) bond motifs is 1. The van der Waals surface area contributed by atoms with Crippen LogP contribution >= 0.6 is 23.4 Å². The normalized spacial score (nSPS) is 12.7. The third kappa shape index (κ3) is 4.11. The van der Waals surface area contributed by atoms with Gasteiger partial charge in [0, 0.05) is 21.9 Å². The van der Waals surface area contributed by atoms with Gasteiger partial charge in [0.25, 0.3) is 17.7 Å². The van der Waals surface area contributed by atoms with Gasteiger partial charge in [-0.15, -0.1) is 11.8 Å². The molecule has 168 valence electrons. The fourth-order valence-corrected chi connectivity index (χ4v) is 4.85. The smallest absolute Gasteiger partial charge is 0.291 e. The summed E-state index contributed by atoms with van der Waals surface area (Å²) in [5.41, 5.74) is 2.09. The molecule has 8 heteroatoms. The van der Waals surface area contributed by atoms with Crippen LogP contribution in [-0.2, 0) is 5.75 Å². The summed E-state index contributed by atoms with van der Waals surface area (Å²) in [5.74, 6) is -0.504. The molecule has 3 aromatic carbocycles. The fourth-order valence-electron chi connectivity index (χ4n) is 3.69. The molecule has 1 N–H and O–H groups in total. The van der Waals surface area contributed by atoms with Crippen molar-refractivity contribution in [2.75, 3.05) is 10.2 Å². The van der Waals surface area contributed by atoms with Gasteiger partial charge >= 0.3 is 0 Å². The summed E-state index contributed by atoms with van der Waals surface area (Å²) >= 11 is 8.02. The Bertz CT molecular complexity index is 1380. The summed E-state index contributed by atoms with van der Waals surface area (Å²) in [6.07, 6.45) is 1.48. The van der Waals surface area contributed by atoms with Crippen molar-refractivity contribution in [1.82, 2.24) is 0 Å². The molecule has 0 bridgehead atoms. The fraction of sp³-hybridized carbons (Fsp3) is 0.0385. The Labute approximate surface area is 204 Å². The van der Waals surface area contributed by atoms with Crippen molar-refractivity contribution in [3.05, 3.63) is 113 Å². The third-order valence-electron chi connectivity index (χ3n) is 5.33. The first-order chi connectivity index (χ1) is 16.5. The Morgan fingerprint density at radius 3 is 2.26 bits per heavy atom. The molecule has 1 aliphatic heterocycles. The molecule has 4 aromatic rings. The van der Waals surface area contributed by atoms with Crippen molar-refractivity contribution < 1.29 is 18.8 Å². The molecule has 0 unspecified atom stereocenters. The van der Waals surface area contributed by atoms with Crippen molar-refractivity contribution >= 4 is 52.5 Å². The molecule has 1 aliphatic rings. The molecular weight excluding hydrogens is 472 g/mol. The SMILES string of the molecule is O=C(Nc1ccc(N2C(=O)c3ccccc3C2=O)c(Cl)c1)c1occc1CSc1ccccc1. The molecule has 5 rings (SSSR count). The Kier molecular flexibility index (Phi) is 5.96. The number of halogens is 1. The largest absolute Gasteiger partial charge is 0.459 e. The number of rotatable bonds is 6. The predicted octanol–water partition coefficient (Wildman–Crippen LogP) is 6.28. The number of nitrogens with one attached hydrogen (secondary N) is 1. The standard InChI is InChI=1S/C26H17ClN2O4S/c27-21-14-17(10-11-22(21)29-25(31)19-8-4-5-9-20(19)26(29)32)28-24(30)23-16(12-13-33-23)15-34-18-6-2-1-3-7-18/h1-14H,15H2,(H,28,30). The van der Waals surface area contributed by atoms with Crippen LogP contribution in [-0.4, -0.2) is 17.7 Å². The van der Waals surface area contributed by atoms with Gasteiger partial charge in [-0.3, -0.25) is 14.4 Å². The number of amides is 3. The number of hydrogen-bond acceptors (Lipinski definition) is 5. The number of furan rings is 1. The van der Waals surface area contributed by atoms with E-state index in [0.29, 0.717) is 22.6 Å². The molecule has 2 heterocycles. The Balaban J connectivity index is 1.31. The Morgan fingerprint density at radius 1 is 0.912 bits per heavy atom. The van der Waals surface area contributed by atoms with E-state index in [1.807, 2.05) is 30.3 Å². The first kappa shape index (κ1) is 22.0.